The third-order valence-corrected chi connectivity index (χ3v) is 6.98. The molecule has 0 spiro atoms. The van der Waals surface area contributed by atoms with Gasteiger partial charge < -0.3 is 9.57 Å². The van der Waals surface area contributed by atoms with Crippen LogP contribution in [-0.4, -0.2) is 35.1 Å². The molecule has 0 saturated heterocycles. The lowest BCUT2D eigenvalue weighted by Crippen LogP contribution is -2.16. The van der Waals surface area contributed by atoms with E-state index in [9.17, 15) is 0 Å². The summed E-state index contributed by atoms with van der Waals surface area (Å²) in [6.45, 7) is 4.03. The van der Waals surface area contributed by atoms with Crippen molar-refractivity contribution < 1.29 is 9.57 Å². The average molecular weight is 528 g/mol. The molecule has 3 aromatic carbocycles. The van der Waals surface area contributed by atoms with Gasteiger partial charge in [-0.1, -0.05) is 84.0 Å². The first kappa shape index (κ1) is 23.8. The van der Waals surface area contributed by atoms with Gasteiger partial charge in [0.2, 0.25) is 11.8 Å². The van der Waals surface area contributed by atoms with Crippen LogP contribution in [0.3, 0.4) is 0 Å². The Balaban J connectivity index is 1.31. The number of aryl methyl sites for hydroxylation is 1. The smallest absolute Gasteiger partial charge is 0.230 e. The molecule has 0 radical (unpaired) electrons. The number of para-hydroxylation sites is 1. The number of nitrogens with zero attached hydrogens (tertiary/aromatic N) is 7. The van der Waals surface area contributed by atoms with Gasteiger partial charge in [-0.2, -0.15) is 5.10 Å². The third-order valence-electron chi connectivity index (χ3n) is 6.98. The lowest BCUT2D eigenvalue weighted by Gasteiger charge is -2.26. The number of oxime groups is 1. The maximum Gasteiger partial charge on any atom is 0.230 e. The lowest BCUT2D eigenvalue weighted by molar-refractivity contribution is 0.125. The molecule has 4 heterocycles. The zero-order valence-corrected chi connectivity index (χ0v) is 22.0. The van der Waals surface area contributed by atoms with Crippen LogP contribution in [-0.2, 0) is 11.4 Å². The molecule has 0 aliphatic carbocycles. The molecule has 6 aromatic rings. The summed E-state index contributed by atoms with van der Waals surface area (Å²) in [6.07, 6.45) is 1.62. The first-order valence-electron chi connectivity index (χ1n) is 13.0. The van der Waals surface area contributed by atoms with Crippen molar-refractivity contribution in [2.75, 3.05) is 0 Å². The van der Waals surface area contributed by atoms with Gasteiger partial charge in [-0.15, -0.1) is 5.10 Å². The zero-order chi connectivity index (χ0) is 27.1. The molecular formula is C31H25N7O2. The van der Waals surface area contributed by atoms with Crippen molar-refractivity contribution in [1.29, 1.82) is 0 Å². The van der Waals surface area contributed by atoms with Gasteiger partial charge in [-0.05, 0) is 37.1 Å². The summed E-state index contributed by atoms with van der Waals surface area (Å²) in [6, 6.07) is 30.1. The Labute approximate surface area is 230 Å². The molecular weight excluding hydrogens is 502 g/mol. The van der Waals surface area contributed by atoms with Crippen LogP contribution >= 0.6 is 0 Å². The molecule has 40 heavy (non-hydrogen) atoms. The number of fused-ring (bicyclic) bond motifs is 4. The van der Waals surface area contributed by atoms with Gasteiger partial charge in [-0.3, -0.25) is 0 Å². The van der Waals surface area contributed by atoms with Gasteiger partial charge in [-0.25, -0.2) is 19.2 Å². The molecule has 9 nitrogen and oxygen atoms in total. The number of ether oxygens (including phenoxy) is 1. The van der Waals surface area contributed by atoms with Crippen LogP contribution in [0, 0.1) is 6.92 Å². The van der Waals surface area contributed by atoms with E-state index in [1.165, 1.54) is 0 Å². The summed E-state index contributed by atoms with van der Waals surface area (Å²) in [5.74, 6) is 1.42. The van der Waals surface area contributed by atoms with E-state index in [0.717, 1.165) is 39.3 Å². The van der Waals surface area contributed by atoms with E-state index >= 15 is 0 Å². The summed E-state index contributed by atoms with van der Waals surface area (Å²) in [4.78, 5) is 15.1. The van der Waals surface area contributed by atoms with E-state index in [4.69, 9.17) is 19.7 Å². The van der Waals surface area contributed by atoms with Gasteiger partial charge in [0.1, 0.15) is 6.33 Å². The van der Waals surface area contributed by atoms with E-state index in [2.05, 4.69) is 27.4 Å². The zero-order valence-electron chi connectivity index (χ0n) is 22.0. The van der Waals surface area contributed by atoms with Crippen LogP contribution in [0.1, 0.15) is 46.6 Å². The second-order valence-corrected chi connectivity index (χ2v) is 9.57. The monoisotopic (exact) mass is 527 g/mol. The molecule has 0 unspecified atom stereocenters. The third kappa shape index (κ3) is 4.08. The Morgan fingerprint density at radius 2 is 1.60 bits per heavy atom. The molecule has 196 valence electrons. The second-order valence-electron chi connectivity index (χ2n) is 9.57. The normalized spacial score (nSPS) is 14.4. The van der Waals surface area contributed by atoms with Gasteiger partial charge >= 0.3 is 0 Å². The molecule has 0 saturated carbocycles. The van der Waals surface area contributed by atoms with Crippen molar-refractivity contribution >= 4 is 11.4 Å². The molecule has 0 fully saturated rings. The second kappa shape index (κ2) is 9.77. The van der Waals surface area contributed by atoms with Crippen molar-refractivity contribution in [3.05, 3.63) is 131 Å². The lowest BCUT2D eigenvalue weighted by atomic mass is 9.84. The van der Waals surface area contributed by atoms with E-state index in [1.54, 1.807) is 10.8 Å². The molecule has 1 aliphatic heterocycles. The van der Waals surface area contributed by atoms with Crippen LogP contribution in [0.5, 0.6) is 11.8 Å². The largest absolute Gasteiger partial charge is 0.420 e. The van der Waals surface area contributed by atoms with E-state index in [1.807, 2.05) is 97.4 Å². The number of aromatic nitrogens is 6. The maximum absolute atomic E-state index is 6.47. The fraction of sp³-hybridized carbons (Fsp3) is 0.129. The van der Waals surface area contributed by atoms with Gasteiger partial charge in [0, 0.05) is 0 Å². The van der Waals surface area contributed by atoms with E-state index in [0.29, 0.717) is 23.2 Å². The molecule has 0 N–H and O–H groups in total. The Morgan fingerprint density at radius 3 is 2.35 bits per heavy atom. The maximum atomic E-state index is 6.47. The summed E-state index contributed by atoms with van der Waals surface area (Å²) >= 11 is 0. The Bertz CT molecular complexity index is 1850. The fourth-order valence-electron chi connectivity index (χ4n) is 5.13. The highest BCUT2D eigenvalue weighted by molar-refractivity contribution is 5.98. The van der Waals surface area contributed by atoms with Crippen LogP contribution < -0.4 is 4.74 Å². The van der Waals surface area contributed by atoms with Crippen molar-refractivity contribution in [3.8, 4) is 17.4 Å². The topological polar surface area (TPSA) is 91.7 Å². The van der Waals surface area contributed by atoms with Crippen LogP contribution in [0.4, 0.5) is 0 Å². The quantitative estimate of drug-likeness (QED) is 0.199. The van der Waals surface area contributed by atoms with Gasteiger partial charge in [0.25, 0.3) is 0 Å². The Morgan fingerprint density at radius 1 is 0.900 bits per heavy atom. The first-order valence-corrected chi connectivity index (χ1v) is 13.0. The van der Waals surface area contributed by atoms with Crippen molar-refractivity contribution in [1.82, 2.24) is 29.4 Å². The predicted molar refractivity (Wildman–Crippen MR) is 150 cm³/mol. The summed E-state index contributed by atoms with van der Waals surface area (Å²) in [5.41, 5.74) is 7.10. The Kier molecular flexibility index (Phi) is 5.81. The minimum absolute atomic E-state index is 0.119. The highest BCUT2D eigenvalue weighted by Crippen LogP contribution is 2.49. The molecule has 1 atom stereocenters. The summed E-state index contributed by atoms with van der Waals surface area (Å²) < 4.78 is 9.98. The van der Waals surface area contributed by atoms with E-state index < -0.39 is 0 Å². The molecule has 1 aliphatic rings. The number of hydrogen-bond donors (Lipinski definition) is 0. The highest BCUT2D eigenvalue weighted by atomic mass is 16.6. The number of rotatable bonds is 6. The molecule has 0 amide bonds. The highest BCUT2D eigenvalue weighted by Gasteiger charge is 2.38. The summed E-state index contributed by atoms with van der Waals surface area (Å²) in [7, 11) is 0. The van der Waals surface area contributed by atoms with Crippen LogP contribution in [0.15, 0.2) is 102 Å². The molecule has 0 bridgehead atoms. The number of hydrogen-bond acceptors (Lipinski definition) is 7. The minimum atomic E-state index is -0.204. The van der Waals surface area contributed by atoms with E-state index in [-0.39, 0.29) is 12.5 Å². The number of benzene rings is 3. The minimum Gasteiger partial charge on any atom is -0.420 e. The fourth-order valence-corrected chi connectivity index (χ4v) is 5.13. The Hall–Kier alpha value is -5.31. The van der Waals surface area contributed by atoms with Crippen LogP contribution in [0.25, 0.3) is 11.3 Å². The van der Waals surface area contributed by atoms with Crippen LogP contribution in [0.2, 0.25) is 0 Å². The first-order chi connectivity index (χ1) is 19.7. The predicted octanol–water partition coefficient (Wildman–Crippen LogP) is 5.85. The SMILES string of the molecule is C/C(=N\OCc1nc2c3c(ncn2n1)Oc1c(c(C)nn1-c1ccccc1)[C@@H]3c1ccccc1)c1ccccc1. The average Bonchev–Trinajstić information content (AvgIpc) is 3.57. The van der Waals surface area contributed by atoms with Crippen molar-refractivity contribution in [3.63, 3.8) is 0 Å². The molecule has 9 heteroatoms. The van der Waals surface area contributed by atoms with Gasteiger partial charge in [0.05, 0.1) is 34.1 Å². The molecule has 7 rings (SSSR count). The van der Waals surface area contributed by atoms with Gasteiger partial charge in [0.15, 0.2) is 18.1 Å². The van der Waals surface area contributed by atoms with Crippen molar-refractivity contribution in [2.24, 2.45) is 5.16 Å². The van der Waals surface area contributed by atoms with Crippen molar-refractivity contribution in [2.45, 2.75) is 26.4 Å². The standard InChI is InChI=1S/C31H25N7O2/c1-20(22-12-6-3-7-13-22)36-39-18-25-33-29-28-27(23-14-8-4-9-15-23)26-21(2)34-38(24-16-10-5-11-17-24)31(26)40-30(28)32-19-37(29)35-25/h3-17,19,27H,18H2,1-2H3/b36-20+/t27-/m0/s1. The molecule has 3 aromatic heterocycles. The summed E-state index contributed by atoms with van der Waals surface area (Å²) in [5, 5.41) is 13.8.